The van der Waals surface area contributed by atoms with Crippen LogP contribution in [0.4, 0.5) is 0 Å². The van der Waals surface area contributed by atoms with Crippen LogP contribution in [0, 0.1) is 11.3 Å². The van der Waals surface area contributed by atoms with Crippen LogP contribution in [0.1, 0.15) is 16.5 Å². The van der Waals surface area contributed by atoms with Gasteiger partial charge in [0.25, 0.3) is 0 Å². The molecule has 1 unspecified atom stereocenters. The first-order valence-corrected chi connectivity index (χ1v) is 6.46. The Balaban J connectivity index is 2.05. The quantitative estimate of drug-likeness (QED) is 0.911. The number of hydrogen-bond acceptors (Lipinski definition) is 3. The Labute approximate surface area is 109 Å². The highest BCUT2D eigenvalue weighted by Crippen LogP contribution is 2.18. The van der Waals surface area contributed by atoms with Gasteiger partial charge in [-0.3, -0.25) is 5.32 Å². The number of nitrogens with one attached hydrogen (secondary N) is 1. The smallest absolute Gasteiger partial charge is 0.121 e. The largest absolute Gasteiger partial charge is 0.293 e. The summed E-state index contributed by atoms with van der Waals surface area (Å²) in [5.74, 6) is 0. The molecule has 2 aromatic rings. The first-order valence-electron chi connectivity index (χ1n) is 5.20. The fourth-order valence-electron chi connectivity index (χ4n) is 1.54. The lowest BCUT2D eigenvalue weighted by atomic mass is 10.1. The average Bonchev–Trinajstić information content (AvgIpc) is 2.83. The zero-order valence-corrected chi connectivity index (χ0v) is 10.6. The van der Waals surface area contributed by atoms with E-state index in [0.29, 0.717) is 11.6 Å². The van der Waals surface area contributed by atoms with E-state index in [1.165, 1.54) is 4.88 Å². The maximum absolute atomic E-state index is 9.15. The van der Waals surface area contributed by atoms with E-state index in [2.05, 4.69) is 11.4 Å². The first-order chi connectivity index (χ1) is 8.29. The molecule has 1 heterocycles. The molecule has 2 nitrogen and oxygen atoms in total. The fraction of sp³-hybridized carbons (Fsp3) is 0.154. The lowest BCUT2D eigenvalue weighted by Gasteiger charge is -2.11. The standard InChI is InChI=1S/C13H11ClN2S/c14-11-4-1-3-10(7-11)13(8-15)16-9-12-5-2-6-17-12/h1-7,13,16H,9H2. The number of hydrogen-bond donors (Lipinski definition) is 1. The molecule has 2 rings (SSSR count). The SMILES string of the molecule is N#CC(NCc1cccs1)c1cccc(Cl)c1. The molecule has 1 aromatic heterocycles. The molecule has 0 aliphatic carbocycles. The third-order valence-electron chi connectivity index (χ3n) is 2.37. The summed E-state index contributed by atoms with van der Waals surface area (Å²) in [5, 5.41) is 15.0. The summed E-state index contributed by atoms with van der Waals surface area (Å²) in [4.78, 5) is 1.22. The van der Waals surface area contributed by atoms with Crippen molar-refractivity contribution in [2.45, 2.75) is 12.6 Å². The lowest BCUT2D eigenvalue weighted by molar-refractivity contribution is 0.636. The van der Waals surface area contributed by atoms with E-state index in [4.69, 9.17) is 16.9 Å². The number of nitriles is 1. The highest BCUT2D eigenvalue weighted by atomic mass is 35.5. The van der Waals surface area contributed by atoms with E-state index in [1.807, 2.05) is 35.7 Å². The van der Waals surface area contributed by atoms with Crippen molar-refractivity contribution in [2.75, 3.05) is 0 Å². The van der Waals surface area contributed by atoms with Crippen molar-refractivity contribution in [3.05, 3.63) is 57.2 Å². The average molecular weight is 263 g/mol. The summed E-state index contributed by atoms with van der Waals surface area (Å²) >= 11 is 7.59. The number of benzene rings is 1. The maximum atomic E-state index is 9.15. The van der Waals surface area contributed by atoms with E-state index < -0.39 is 0 Å². The summed E-state index contributed by atoms with van der Waals surface area (Å²) in [6, 6.07) is 13.3. The summed E-state index contributed by atoms with van der Waals surface area (Å²) < 4.78 is 0. The molecule has 86 valence electrons. The van der Waals surface area contributed by atoms with Crippen molar-refractivity contribution < 1.29 is 0 Å². The van der Waals surface area contributed by atoms with Gasteiger partial charge in [0.2, 0.25) is 0 Å². The predicted octanol–water partition coefficient (Wildman–Crippen LogP) is 3.76. The predicted molar refractivity (Wildman–Crippen MR) is 71.0 cm³/mol. The Hall–Kier alpha value is -1.34. The highest BCUT2D eigenvalue weighted by molar-refractivity contribution is 7.09. The molecule has 0 saturated carbocycles. The highest BCUT2D eigenvalue weighted by Gasteiger charge is 2.10. The van der Waals surface area contributed by atoms with E-state index in [-0.39, 0.29) is 6.04 Å². The number of halogens is 1. The molecule has 0 fully saturated rings. The van der Waals surface area contributed by atoms with Gasteiger partial charge in [-0.25, -0.2) is 0 Å². The van der Waals surface area contributed by atoms with Crippen LogP contribution in [0.2, 0.25) is 5.02 Å². The normalized spacial score (nSPS) is 12.0. The van der Waals surface area contributed by atoms with Crippen LogP contribution in [0.15, 0.2) is 41.8 Å². The number of rotatable bonds is 4. The van der Waals surface area contributed by atoms with Crippen molar-refractivity contribution in [3.8, 4) is 6.07 Å². The van der Waals surface area contributed by atoms with Gasteiger partial charge in [-0.15, -0.1) is 11.3 Å². The molecule has 1 atom stereocenters. The first kappa shape index (κ1) is 12.1. The van der Waals surface area contributed by atoms with Crippen molar-refractivity contribution >= 4 is 22.9 Å². The Morgan fingerprint density at radius 1 is 1.35 bits per heavy atom. The van der Waals surface area contributed by atoms with Gasteiger partial charge < -0.3 is 0 Å². The van der Waals surface area contributed by atoms with Gasteiger partial charge in [0.05, 0.1) is 6.07 Å². The molecule has 0 aliphatic rings. The van der Waals surface area contributed by atoms with Crippen LogP contribution in [0.25, 0.3) is 0 Å². The van der Waals surface area contributed by atoms with E-state index in [0.717, 1.165) is 5.56 Å². The van der Waals surface area contributed by atoms with Gasteiger partial charge in [0, 0.05) is 16.4 Å². The van der Waals surface area contributed by atoms with Gasteiger partial charge in [0.15, 0.2) is 0 Å². The van der Waals surface area contributed by atoms with Crippen LogP contribution < -0.4 is 5.32 Å². The summed E-state index contributed by atoms with van der Waals surface area (Å²) in [6.07, 6.45) is 0. The number of nitrogens with zero attached hydrogens (tertiary/aromatic N) is 1. The van der Waals surface area contributed by atoms with Gasteiger partial charge in [-0.05, 0) is 29.1 Å². The Kier molecular flexibility index (Phi) is 4.16. The van der Waals surface area contributed by atoms with Crippen LogP contribution in [0.5, 0.6) is 0 Å². The lowest BCUT2D eigenvalue weighted by Crippen LogP contribution is -2.18. The van der Waals surface area contributed by atoms with Gasteiger partial charge >= 0.3 is 0 Å². The van der Waals surface area contributed by atoms with Crippen LogP contribution in [-0.2, 0) is 6.54 Å². The molecule has 1 N–H and O–H groups in total. The molecule has 0 radical (unpaired) electrons. The Bertz CT molecular complexity index is 516. The third-order valence-corrected chi connectivity index (χ3v) is 3.48. The zero-order chi connectivity index (χ0) is 12.1. The molecule has 0 saturated heterocycles. The summed E-state index contributed by atoms with van der Waals surface area (Å²) in [6.45, 7) is 0.697. The zero-order valence-electron chi connectivity index (χ0n) is 9.06. The fourth-order valence-corrected chi connectivity index (χ4v) is 2.39. The molecule has 0 aliphatic heterocycles. The van der Waals surface area contributed by atoms with Crippen molar-refractivity contribution in [2.24, 2.45) is 0 Å². The summed E-state index contributed by atoms with van der Waals surface area (Å²) in [7, 11) is 0. The Morgan fingerprint density at radius 3 is 2.88 bits per heavy atom. The van der Waals surface area contributed by atoms with Gasteiger partial charge in [-0.2, -0.15) is 5.26 Å². The van der Waals surface area contributed by atoms with E-state index in [9.17, 15) is 0 Å². The topological polar surface area (TPSA) is 35.8 Å². The third kappa shape index (κ3) is 3.31. The molecular weight excluding hydrogens is 252 g/mol. The van der Waals surface area contributed by atoms with Crippen LogP contribution >= 0.6 is 22.9 Å². The molecule has 17 heavy (non-hydrogen) atoms. The van der Waals surface area contributed by atoms with Crippen molar-refractivity contribution in [3.63, 3.8) is 0 Å². The molecule has 0 bridgehead atoms. The molecule has 4 heteroatoms. The minimum absolute atomic E-state index is 0.323. The Morgan fingerprint density at radius 2 is 2.24 bits per heavy atom. The van der Waals surface area contributed by atoms with E-state index >= 15 is 0 Å². The maximum Gasteiger partial charge on any atom is 0.121 e. The van der Waals surface area contributed by atoms with Crippen molar-refractivity contribution in [1.29, 1.82) is 5.26 Å². The van der Waals surface area contributed by atoms with Crippen LogP contribution in [0.3, 0.4) is 0 Å². The summed E-state index contributed by atoms with van der Waals surface area (Å²) in [5.41, 5.74) is 0.900. The van der Waals surface area contributed by atoms with Crippen molar-refractivity contribution in [1.82, 2.24) is 5.32 Å². The van der Waals surface area contributed by atoms with Crippen LogP contribution in [-0.4, -0.2) is 0 Å². The second kappa shape index (κ2) is 5.83. The molecule has 0 amide bonds. The molecular formula is C13H11ClN2S. The monoisotopic (exact) mass is 262 g/mol. The molecule has 1 aromatic carbocycles. The van der Waals surface area contributed by atoms with Gasteiger partial charge in [0.1, 0.15) is 6.04 Å². The minimum Gasteiger partial charge on any atom is -0.293 e. The minimum atomic E-state index is -0.323. The molecule has 0 spiro atoms. The second-order valence-electron chi connectivity index (χ2n) is 3.58. The van der Waals surface area contributed by atoms with Gasteiger partial charge in [-0.1, -0.05) is 29.8 Å². The second-order valence-corrected chi connectivity index (χ2v) is 5.05. The number of thiophene rings is 1. The van der Waals surface area contributed by atoms with E-state index in [1.54, 1.807) is 17.4 Å².